The predicted octanol–water partition coefficient (Wildman–Crippen LogP) is 4.61. The Bertz CT molecular complexity index is 999. The molecule has 3 aromatic carbocycles. The molecule has 1 atom stereocenters. The topological polar surface area (TPSA) is 35.6 Å². The summed E-state index contributed by atoms with van der Waals surface area (Å²) in [5.74, 6) is 0.103. The molecule has 4 nitrogen and oxygen atoms in total. The molecule has 0 saturated heterocycles. The Morgan fingerprint density at radius 2 is 1.68 bits per heavy atom. The van der Waals surface area contributed by atoms with Crippen molar-refractivity contribution in [3.05, 3.63) is 95.6 Å². The van der Waals surface area contributed by atoms with E-state index in [1.165, 1.54) is 28.1 Å². The molecular formula is C27H31N3O. The average Bonchev–Trinajstić information content (AvgIpc) is 3.23. The molecule has 4 heteroatoms. The van der Waals surface area contributed by atoms with Crippen LogP contribution in [0.1, 0.15) is 29.2 Å². The molecule has 1 aliphatic heterocycles. The van der Waals surface area contributed by atoms with Crippen molar-refractivity contribution < 1.29 is 4.79 Å². The van der Waals surface area contributed by atoms with E-state index in [1.807, 2.05) is 18.2 Å². The van der Waals surface area contributed by atoms with Gasteiger partial charge in [-0.3, -0.25) is 4.79 Å². The fourth-order valence-electron chi connectivity index (χ4n) is 4.29. The summed E-state index contributed by atoms with van der Waals surface area (Å²) in [6.45, 7) is 1.57. The molecule has 0 spiro atoms. The predicted molar refractivity (Wildman–Crippen MR) is 129 cm³/mol. The van der Waals surface area contributed by atoms with E-state index in [9.17, 15) is 4.79 Å². The van der Waals surface area contributed by atoms with Crippen molar-refractivity contribution in [1.82, 2.24) is 5.32 Å². The van der Waals surface area contributed by atoms with Crippen LogP contribution in [0.3, 0.4) is 0 Å². The number of carbonyl (C=O) groups is 1. The molecule has 160 valence electrons. The maximum Gasteiger partial charge on any atom is 0.220 e. The molecule has 1 N–H and O–H groups in total. The van der Waals surface area contributed by atoms with E-state index >= 15 is 0 Å². The first-order valence-electron chi connectivity index (χ1n) is 11.0. The third-order valence-corrected chi connectivity index (χ3v) is 6.07. The minimum absolute atomic E-state index is 0.103. The lowest BCUT2D eigenvalue weighted by atomic mass is 10.0. The summed E-state index contributed by atoms with van der Waals surface area (Å²) < 4.78 is 0. The molecule has 3 aromatic rings. The maximum absolute atomic E-state index is 12.6. The second kappa shape index (κ2) is 9.69. The number of nitrogens with one attached hydrogen (secondary N) is 1. The number of aryl methyl sites for hydroxylation is 1. The van der Waals surface area contributed by atoms with Gasteiger partial charge in [-0.2, -0.15) is 0 Å². The van der Waals surface area contributed by atoms with Crippen molar-refractivity contribution in [3.8, 4) is 0 Å². The zero-order valence-electron chi connectivity index (χ0n) is 18.4. The first-order chi connectivity index (χ1) is 15.1. The van der Waals surface area contributed by atoms with E-state index in [0.717, 1.165) is 19.4 Å². The minimum atomic E-state index is 0.103. The van der Waals surface area contributed by atoms with Gasteiger partial charge in [-0.15, -0.1) is 0 Å². The quantitative estimate of drug-likeness (QED) is 0.586. The van der Waals surface area contributed by atoms with Crippen LogP contribution in [0.25, 0.3) is 0 Å². The Morgan fingerprint density at radius 3 is 2.42 bits per heavy atom. The molecule has 0 saturated carbocycles. The van der Waals surface area contributed by atoms with Gasteiger partial charge in [0.2, 0.25) is 5.91 Å². The van der Waals surface area contributed by atoms with Crippen molar-refractivity contribution in [2.75, 3.05) is 37.0 Å². The second-order valence-electron chi connectivity index (χ2n) is 8.36. The van der Waals surface area contributed by atoms with E-state index in [2.05, 4.69) is 89.9 Å². The largest absolute Gasteiger partial charge is 0.378 e. The van der Waals surface area contributed by atoms with Gasteiger partial charge >= 0.3 is 0 Å². The molecule has 1 amide bonds. The van der Waals surface area contributed by atoms with Gasteiger partial charge in [0.15, 0.2) is 0 Å². The number of benzene rings is 3. The van der Waals surface area contributed by atoms with Crippen LogP contribution < -0.4 is 15.1 Å². The summed E-state index contributed by atoms with van der Waals surface area (Å²) >= 11 is 0. The zero-order chi connectivity index (χ0) is 21.6. The zero-order valence-corrected chi connectivity index (χ0v) is 18.4. The van der Waals surface area contributed by atoms with Crippen LogP contribution in [0.5, 0.6) is 0 Å². The summed E-state index contributed by atoms with van der Waals surface area (Å²) in [6.07, 6.45) is 2.32. The van der Waals surface area contributed by atoms with Crippen LogP contribution in [0.15, 0.2) is 78.9 Å². The van der Waals surface area contributed by atoms with Gasteiger partial charge in [0.05, 0.1) is 6.04 Å². The lowest BCUT2D eigenvalue weighted by molar-refractivity contribution is -0.121. The first-order valence-corrected chi connectivity index (χ1v) is 11.0. The van der Waals surface area contributed by atoms with Crippen LogP contribution >= 0.6 is 0 Å². The first kappa shape index (κ1) is 21.0. The number of amides is 1. The van der Waals surface area contributed by atoms with Crippen LogP contribution in [-0.4, -0.2) is 33.1 Å². The summed E-state index contributed by atoms with van der Waals surface area (Å²) in [4.78, 5) is 17.2. The van der Waals surface area contributed by atoms with Crippen LogP contribution in [0.4, 0.5) is 11.4 Å². The number of anilines is 2. The Labute approximate surface area is 185 Å². The maximum atomic E-state index is 12.6. The molecule has 0 aliphatic carbocycles. The highest BCUT2D eigenvalue weighted by Crippen LogP contribution is 2.35. The number of fused-ring (bicyclic) bond motifs is 1. The average molecular weight is 414 g/mol. The molecule has 0 fully saturated rings. The monoisotopic (exact) mass is 413 g/mol. The van der Waals surface area contributed by atoms with Crippen molar-refractivity contribution in [3.63, 3.8) is 0 Å². The lowest BCUT2D eigenvalue weighted by Crippen LogP contribution is -2.37. The summed E-state index contributed by atoms with van der Waals surface area (Å²) in [5, 5.41) is 3.21. The molecule has 0 unspecified atom stereocenters. The van der Waals surface area contributed by atoms with Crippen LogP contribution in [0, 0.1) is 0 Å². The second-order valence-corrected chi connectivity index (χ2v) is 8.36. The Hall–Kier alpha value is -3.27. The smallest absolute Gasteiger partial charge is 0.220 e. The van der Waals surface area contributed by atoms with Crippen LogP contribution in [-0.2, 0) is 17.6 Å². The third-order valence-electron chi connectivity index (χ3n) is 6.07. The number of carbonyl (C=O) groups excluding carboxylic acids is 1. The molecule has 0 bridgehead atoms. The Balaban J connectivity index is 1.48. The Morgan fingerprint density at radius 1 is 0.968 bits per heavy atom. The fraction of sp³-hybridized carbons (Fsp3) is 0.296. The van der Waals surface area contributed by atoms with Crippen molar-refractivity contribution in [2.45, 2.75) is 25.3 Å². The van der Waals surface area contributed by atoms with E-state index in [-0.39, 0.29) is 11.9 Å². The van der Waals surface area contributed by atoms with E-state index in [0.29, 0.717) is 13.0 Å². The number of rotatable bonds is 8. The highest BCUT2D eigenvalue weighted by atomic mass is 16.1. The number of hydrogen-bond donors (Lipinski definition) is 1. The van der Waals surface area contributed by atoms with E-state index in [1.54, 1.807) is 0 Å². The normalized spacial score (nSPS) is 13.5. The lowest BCUT2D eigenvalue weighted by Gasteiger charge is -2.31. The molecular weight excluding hydrogens is 382 g/mol. The van der Waals surface area contributed by atoms with Gasteiger partial charge in [-0.25, -0.2) is 0 Å². The summed E-state index contributed by atoms with van der Waals surface area (Å²) in [7, 11) is 4.10. The van der Waals surface area contributed by atoms with Gasteiger partial charge < -0.3 is 15.1 Å². The number of hydrogen-bond acceptors (Lipinski definition) is 3. The fourth-order valence-corrected chi connectivity index (χ4v) is 4.29. The van der Waals surface area contributed by atoms with Gasteiger partial charge in [0.1, 0.15) is 0 Å². The van der Waals surface area contributed by atoms with E-state index < -0.39 is 0 Å². The molecule has 1 heterocycles. The molecule has 0 aromatic heterocycles. The third kappa shape index (κ3) is 5.08. The summed E-state index contributed by atoms with van der Waals surface area (Å²) in [6, 6.07) is 27.6. The van der Waals surface area contributed by atoms with Crippen LogP contribution in [0.2, 0.25) is 0 Å². The number of para-hydroxylation sites is 1. The molecule has 1 aliphatic rings. The molecule has 4 rings (SSSR count). The van der Waals surface area contributed by atoms with Gasteiger partial charge in [-0.05, 0) is 47.7 Å². The molecule has 31 heavy (non-hydrogen) atoms. The SMILES string of the molecule is CN(C)c1ccc([C@H](CNC(=O)CCc2ccccc2)N2CCc3ccccc32)cc1. The van der Waals surface area contributed by atoms with Gasteiger partial charge in [-0.1, -0.05) is 60.7 Å². The van der Waals surface area contributed by atoms with Gasteiger partial charge in [0, 0.05) is 45.0 Å². The van der Waals surface area contributed by atoms with Gasteiger partial charge in [0.25, 0.3) is 0 Å². The standard InChI is InChI=1S/C27H31N3O/c1-29(2)24-15-13-23(14-16-24)26(30-19-18-22-10-6-7-11-25(22)30)20-28-27(31)17-12-21-8-4-3-5-9-21/h3-11,13-16,26H,12,17-20H2,1-2H3,(H,28,31)/t26-/m0/s1. The van der Waals surface area contributed by atoms with Crippen molar-refractivity contribution in [2.24, 2.45) is 0 Å². The Kier molecular flexibility index (Phi) is 6.56. The number of nitrogens with zero attached hydrogens (tertiary/aromatic N) is 2. The molecule has 0 radical (unpaired) electrons. The minimum Gasteiger partial charge on any atom is -0.378 e. The summed E-state index contributed by atoms with van der Waals surface area (Å²) in [5.41, 5.74) is 6.26. The van der Waals surface area contributed by atoms with Crippen molar-refractivity contribution >= 4 is 17.3 Å². The van der Waals surface area contributed by atoms with E-state index in [4.69, 9.17) is 0 Å². The van der Waals surface area contributed by atoms with Crippen molar-refractivity contribution in [1.29, 1.82) is 0 Å². The highest BCUT2D eigenvalue weighted by Gasteiger charge is 2.27. The highest BCUT2D eigenvalue weighted by molar-refractivity contribution is 5.76.